The fourth-order valence-corrected chi connectivity index (χ4v) is 2.39. The SMILES string of the molecule is CC(C)(C)C(=O)Oc1ccc(Oc2ccccc2-c2ccc(F)cc2)cc1. The largest absolute Gasteiger partial charge is 0.457 e. The molecule has 0 aliphatic carbocycles. The molecule has 0 spiro atoms. The quantitative estimate of drug-likeness (QED) is 0.406. The molecule has 0 atom stereocenters. The molecule has 0 heterocycles. The van der Waals surface area contributed by atoms with Gasteiger partial charge in [-0.3, -0.25) is 4.79 Å². The summed E-state index contributed by atoms with van der Waals surface area (Å²) in [5.41, 5.74) is 1.16. The molecule has 0 aliphatic rings. The van der Waals surface area contributed by atoms with Crippen LogP contribution in [0.15, 0.2) is 72.8 Å². The number of esters is 1. The average molecular weight is 364 g/mol. The second kappa shape index (κ2) is 7.62. The van der Waals surface area contributed by atoms with Crippen molar-refractivity contribution in [2.24, 2.45) is 5.41 Å². The minimum absolute atomic E-state index is 0.280. The van der Waals surface area contributed by atoms with E-state index in [1.165, 1.54) is 12.1 Å². The first-order valence-electron chi connectivity index (χ1n) is 8.68. The van der Waals surface area contributed by atoms with Gasteiger partial charge in [0.15, 0.2) is 0 Å². The molecule has 0 aliphatic heterocycles. The lowest BCUT2D eigenvalue weighted by Crippen LogP contribution is -2.25. The third kappa shape index (κ3) is 4.73. The molecule has 0 fully saturated rings. The van der Waals surface area contributed by atoms with Crippen molar-refractivity contribution in [3.05, 3.63) is 78.6 Å². The van der Waals surface area contributed by atoms with E-state index in [9.17, 15) is 9.18 Å². The molecule has 3 nitrogen and oxygen atoms in total. The zero-order valence-corrected chi connectivity index (χ0v) is 15.5. The van der Waals surface area contributed by atoms with Gasteiger partial charge >= 0.3 is 5.97 Å². The summed E-state index contributed by atoms with van der Waals surface area (Å²) in [6.45, 7) is 5.41. The van der Waals surface area contributed by atoms with Crippen LogP contribution >= 0.6 is 0 Å². The number of para-hydroxylation sites is 1. The first-order chi connectivity index (χ1) is 12.8. The Morgan fingerprint density at radius 1 is 0.815 bits per heavy atom. The maximum absolute atomic E-state index is 13.2. The molecule has 4 heteroatoms. The second-order valence-corrected chi connectivity index (χ2v) is 7.22. The zero-order chi connectivity index (χ0) is 19.4. The predicted octanol–water partition coefficient (Wildman–Crippen LogP) is 6.24. The van der Waals surface area contributed by atoms with Crippen LogP contribution in [0.3, 0.4) is 0 Å². The number of rotatable bonds is 4. The molecule has 3 rings (SSSR count). The van der Waals surface area contributed by atoms with Crippen molar-refractivity contribution in [1.82, 2.24) is 0 Å². The van der Waals surface area contributed by atoms with Gasteiger partial charge in [0.2, 0.25) is 0 Å². The molecule has 3 aromatic carbocycles. The molecular formula is C23H21FO3. The standard InChI is InChI=1S/C23H21FO3/c1-23(2,3)22(25)27-19-14-12-18(13-15-19)26-21-7-5-4-6-20(21)16-8-10-17(24)11-9-16/h4-15H,1-3H3. The first kappa shape index (κ1) is 18.6. The fourth-order valence-electron chi connectivity index (χ4n) is 2.39. The number of benzene rings is 3. The number of carbonyl (C=O) groups is 1. The molecule has 0 N–H and O–H groups in total. The van der Waals surface area contributed by atoms with Gasteiger partial charge < -0.3 is 9.47 Å². The summed E-state index contributed by atoms with van der Waals surface area (Å²) in [4.78, 5) is 12.0. The normalized spacial score (nSPS) is 11.1. The Kier molecular flexibility index (Phi) is 5.26. The summed E-state index contributed by atoms with van der Waals surface area (Å²) in [6.07, 6.45) is 0. The highest BCUT2D eigenvalue weighted by Crippen LogP contribution is 2.34. The van der Waals surface area contributed by atoms with E-state index in [4.69, 9.17) is 9.47 Å². The van der Waals surface area contributed by atoms with Crippen LogP contribution in [0.2, 0.25) is 0 Å². The van der Waals surface area contributed by atoms with Gasteiger partial charge in [-0.15, -0.1) is 0 Å². The Balaban J connectivity index is 1.78. The molecule has 27 heavy (non-hydrogen) atoms. The van der Waals surface area contributed by atoms with Crippen LogP contribution in [0.4, 0.5) is 4.39 Å². The van der Waals surface area contributed by atoms with Crippen molar-refractivity contribution in [3.63, 3.8) is 0 Å². The Morgan fingerprint density at radius 3 is 2.04 bits per heavy atom. The van der Waals surface area contributed by atoms with E-state index in [0.717, 1.165) is 11.1 Å². The molecule has 0 saturated heterocycles. The van der Waals surface area contributed by atoms with Crippen LogP contribution in [-0.4, -0.2) is 5.97 Å². The monoisotopic (exact) mass is 364 g/mol. The number of halogens is 1. The predicted molar refractivity (Wildman–Crippen MR) is 103 cm³/mol. The van der Waals surface area contributed by atoms with E-state index >= 15 is 0 Å². The number of hydrogen-bond acceptors (Lipinski definition) is 3. The maximum atomic E-state index is 13.2. The van der Waals surface area contributed by atoms with Gasteiger partial charge in [0.05, 0.1) is 5.41 Å². The van der Waals surface area contributed by atoms with Crippen molar-refractivity contribution < 1.29 is 18.7 Å². The van der Waals surface area contributed by atoms with E-state index in [1.807, 2.05) is 24.3 Å². The van der Waals surface area contributed by atoms with Crippen molar-refractivity contribution in [3.8, 4) is 28.4 Å². The molecule has 0 aromatic heterocycles. The summed E-state index contributed by atoms with van der Waals surface area (Å²) < 4.78 is 24.5. The molecule has 3 aromatic rings. The van der Waals surface area contributed by atoms with Crippen LogP contribution in [0.25, 0.3) is 11.1 Å². The Morgan fingerprint density at radius 2 is 1.41 bits per heavy atom. The van der Waals surface area contributed by atoms with Crippen molar-refractivity contribution in [1.29, 1.82) is 0 Å². The zero-order valence-electron chi connectivity index (χ0n) is 15.5. The molecule has 138 valence electrons. The fraction of sp³-hybridized carbons (Fsp3) is 0.174. The van der Waals surface area contributed by atoms with Crippen LogP contribution in [0, 0.1) is 11.2 Å². The number of hydrogen-bond donors (Lipinski definition) is 0. The summed E-state index contributed by atoms with van der Waals surface area (Å²) >= 11 is 0. The van der Waals surface area contributed by atoms with Gasteiger partial charge in [-0.05, 0) is 68.8 Å². The van der Waals surface area contributed by atoms with Gasteiger partial charge in [-0.1, -0.05) is 30.3 Å². The highest BCUT2D eigenvalue weighted by molar-refractivity contribution is 5.77. The highest BCUT2D eigenvalue weighted by atomic mass is 19.1. The Bertz CT molecular complexity index is 923. The average Bonchev–Trinajstić information content (AvgIpc) is 2.64. The molecule has 0 amide bonds. The topological polar surface area (TPSA) is 35.5 Å². The minimum atomic E-state index is -0.566. The van der Waals surface area contributed by atoms with Crippen LogP contribution < -0.4 is 9.47 Å². The van der Waals surface area contributed by atoms with Crippen molar-refractivity contribution in [2.45, 2.75) is 20.8 Å². The van der Waals surface area contributed by atoms with Gasteiger partial charge in [0.25, 0.3) is 0 Å². The number of ether oxygens (including phenoxy) is 2. The summed E-state index contributed by atoms with van der Waals surface area (Å²) in [5.74, 6) is 1.16. The highest BCUT2D eigenvalue weighted by Gasteiger charge is 2.23. The van der Waals surface area contributed by atoms with Gasteiger partial charge in [-0.25, -0.2) is 4.39 Å². The third-order valence-electron chi connectivity index (χ3n) is 3.92. The van der Waals surface area contributed by atoms with Gasteiger partial charge in [-0.2, -0.15) is 0 Å². The van der Waals surface area contributed by atoms with Gasteiger partial charge in [0, 0.05) is 5.56 Å². The lowest BCUT2D eigenvalue weighted by Gasteiger charge is -2.16. The van der Waals surface area contributed by atoms with Gasteiger partial charge in [0.1, 0.15) is 23.1 Å². The van der Waals surface area contributed by atoms with E-state index in [0.29, 0.717) is 17.2 Å². The molecule has 0 unspecified atom stereocenters. The molecule has 0 radical (unpaired) electrons. The lowest BCUT2D eigenvalue weighted by atomic mass is 9.97. The summed E-state index contributed by atoms with van der Waals surface area (Å²) in [6, 6.07) is 20.7. The van der Waals surface area contributed by atoms with Crippen LogP contribution in [0.5, 0.6) is 17.2 Å². The lowest BCUT2D eigenvalue weighted by molar-refractivity contribution is -0.143. The molecule has 0 bridgehead atoms. The van der Waals surface area contributed by atoms with E-state index < -0.39 is 5.41 Å². The first-order valence-corrected chi connectivity index (χ1v) is 8.68. The molecular weight excluding hydrogens is 343 g/mol. The van der Waals surface area contributed by atoms with Crippen molar-refractivity contribution in [2.75, 3.05) is 0 Å². The number of carbonyl (C=O) groups excluding carboxylic acids is 1. The Hall–Kier alpha value is -3.14. The Labute approximate surface area is 158 Å². The van der Waals surface area contributed by atoms with E-state index in [1.54, 1.807) is 57.2 Å². The second-order valence-electron chi connectivity index (χ2n) is 7.22. The molecule has 0 saturated carbocycles. The van der Waals surface area contributed by atoms with Crippen LogP contribution in [0.1, 0.15) is 20.8 Å². The minimum Gasteiger partial charge on any atom is -0.457 e. The smallest absolute Gasteiger partial charge is 0.316 e. The third-order valence-corrected chi connectivity index (χ3v) is 3.92. The summed E-state index contributed by atoms with van der Waals surface area (Å²) in [7, 11) is 0. The maximum Gasteiger partial charge on any atom is 0.316 e. The summed E-state index contributed by atoms with van der Waals surface area (Å²) in [5, 5.41) is 0. The van der Waals surface area contributed by atoms with E-state index in [-0.39, 0.29) is 11.8 Å². The van der Waals surface area contributed by atoms with Crippen molar-refractivity contribution >= 4 is 5.97 Å². The van der Waals surface area contributed by atoms with E-state index in [2.05, 4.69) is 0 Å². The van der Waals surface area contributed by atoms with Crippen LogP contribution in [-0.2, 0) is 4.79 Å².